The number of fused-ring (bicyclic) bond motifs is 2. The van der Waals surface area contributed by atoms with E-state index in [1.165, 1.54) is 11.8 Å². The van der Waals surface area contributed by atoms with Crippen molar-refractivity contribution < 1.29 is 19.0 Å². The standard InChI is InChI=1S/C25H32N4O4/c1-6-8-17-22(31-4)12-11-16-20(13-25(2,3)33-23(16)17)27-15-26-19-9-7-10-21-18(19)14-28-29(21)24(30)32-5/h7,9-12,14,20,26-27H,6,8,13,15H2,1-5H3. The molecule has 176 valence electrons. The molecule has 2 heterocycles. The Morgan fingerprint density at radius 2 is 2.09 bits per heavy atom. The maximum atomic E-state index is 11.9. The van der Waals surface area contributed by atoms with Gasteiger partial charge in [0, 0.05) is 34.7 Å². The van der Waals surface area contributed by atoms with Crippen LogP contribution >= 0.6 is 0 Å². The van der Waals surface area contributed by atoms with E-state index in [4.69, 9.17) is 14.2 Å². The fourth-order valence-corrected chi connectivity index (χ4v) is 4.51. The Bertz CT molecular complexity index is 1150. The number of anilines is 1. The minimum Gasteiger partial charge on any atom is -0.496 e. The van der Waals surface area contributed by atoms with Gasteiger partial charge in [0.1, 0.15) is 17.1 Å². The summed E-state index contributed by atoms with van der Waals surface area (Å²) in [6, 6.07) is 9.96. The Kier molecular flexibility index (Phi) is 6.47. The van der Waals surface area contributed by atoms with Crippen molar-refractivity contribution in [3.8, 4) is 11.5 Å². The Morgan fingerprint density at radius 1 is 1.27 bits per heavy atom. The lowest BCUT2D eigenvalue weighted by atomic mass is 9.87. The zero-order chi connectivity index (χ0) is 23.6. The van der Waals surface area contributed by atoms with Gasteiger partial charge in [0.2, 0.25) is 0 Å². The summed E-state index contributed by atoms with van der Waals surface area (Å²) in [6.45, 7) is 6.94. The minimum atomic E-state index is -0.514. The van der Waals surface area contributed by atoms with E-state index in [0.717, 1.165) is 53.0 Å². The molecule has 33 heavy (non-hydrogen) atoms. The third-order valence-corrected chi connectivity index (χ3v) is 6.01. The van der Waals surface area contributed by atoms with Crippen LogP contribution in [0.2, 0.25) is 0 Å². The normalized spacial score (nSPS) is 16.7. The molecule has 8 heteroatoms. The number of ether oxygens (including phenoxy) is 3. The van der Waals surface area contributed by atoms with Crippen molar-refractivity contribution in [2.24, 2.45) is 0 Å². The summed E-state index contributed by atoms with van der Waals surface area (Å²) in [4.78, 5) is 11.9. The highest BCUT2D eigenvalue weighted by Crippen LogP contribution is 2.45. The average molecular weight is 453 g/mol. The number of hydrogen-bond donors (Lipinski definition) is 2. The van der Waals surface area contributed by atoms with E-state index >= 15 is 0 Å². The molecule has 0 spiro atoms. The van der Waals surface area contributed by atoms with Gasteiger partial charge in [-0.15, -0.1) is 0 Å². The molecule has 0 bridgehead atoms. The number of methoxy groups -OCH3 is 2. The van der Waals surface area contributed by atoms with Gasteiger partial charge in [0.25, 0.3) is 0 Å². The molecule has 0 saturated heterocycles. The van der Waals surface area contributed by atoms with Crippen LogP contribution in [-0.4, -0.2) is 42.4 Å². The molecule has 0 fully saturated rings. The van der Waals surface area contributed by atoms with E-state index in [0.29, 0.717) is 12.2 Å². The number of rotatable bonds is 7. The first-order chi connectivity index (χ1) is 15.9. The molecule has 0 radical (unpaired) electrons. The molecular weight excluding hydrogens is 420 g/mol. The average Bonchev–Trinajstić information content (AvgIpc) is 3.23. The first kappa shape index (κ1) is 22.9. The fourth-order valence-electron chi connectivity index (χ4n) is 4.51. The van der Waals surface area contributed by atoms with Gasteiger partial charge in [-0.25, -0.2) is 4.79 Å². The van der Waals surface area contributed by atoms with Gasteiger partial charge in [-0.2, -0.15) is 9.78 Å². The zero-order valence-electron chi connectivity index (χ0n) is 19.9. The largest absolute Gasteiger partial charge is 0.496 e. The number of carbonyl (C=O) groups excluding carboxylic acids is 1. The highest BCUT2D eigenvalue weighted by Gasteiger charge is 2.35. The van der Waals surface area contributed by atoms with Gasteiger partial charge in [-0.3, -0.25) is 5.32 Å². The molecule has 2 N–H and O–H groups in total. The molecule has 1 unspecified atom stereocenters. The van der Waals surface area contributed by atoms with Crippen LogP contribution in [0.5, 0.6) is 11.5 Å². The van der Waals surface area contributed by atoms with Crippen molar-refractivity contribution in [2.75, 3.05) is 26.2 Å². The summed E-state index contributed by atoms with van der Waals surface area (Å²) in [5.41, 5.74) is 3.56. The van der Waals surface area contributed by atoms with Gasteiger partial charge in [0.15, 0.2) is 0 Å². The molecule has 4 rings (SSSR count). The molecule has 8 nitrogen and oxygen atoms in total. The first-order valence-corrected chi connectivity index (χ1v) is 11.3. The number of nitrogens with zero attached hydrogens (tertiary/aromatic N) is 2. The van der Waals surface area contributed by atoms with Crippen LogP contribution in [-0.2, 0) is 11.2 Å². The van der Waals surface area contributed by atoms with Crippen molar-refractivity contribution in [3.05, 3.63) is 47.7 Å². The molecule has 2 aromatic carbocycles. The van der Waals surface area contributed by atoms with Crippen molar-refractivity contribution in [3.63, 3.8) is 0 Å². The smallest absolute Gasteiger partial charge is 0.434 e. The van der Waals surface area contributed by atoms with E-state index in [1.807, 2.05) is 24.3 Å². The van der Waals surface area contributed by atoms with Crippen LogP contribution in [0.1, 0.15) is 50.8 Å². The van der Waals surface area contributed by atoms with Crippen LogP contribution in [0.3, 0.4) is 0 Å². The number of benzene rings is 2. The van der Waals surface area contributed by atoms with E-state index < -0.39 is 6.09 Å². The summed E-state index contributed by atoms with van der Waals surface area (Å²) in [5.74, 6) is 1.81. The van der Waals surface area contributed by atoms with Gasteiger partial charge < -0.3 is 19.5 Å². The highest BCUT2D eigenvalue weighted by atomic mass is 16.5. The maximum absolute atomic E-state index is 11.9. The van der Waals surface area contributed by atoms with Crippen LogP contribution in [0.15, 0.2) is 36.5 Å². The number of hydrogen-bond acceptors (Lipinski definition) is 7. The summed E-state index contributed by atoms with van der Waals surface area (Å²) in [7, 11) is 3.05. The molecule has 1 atom stereocenters. The quantitative estimate of drug-likeness (QED) is 0.495. The number of aromatic nitrogens is 2. The SMILES string of the molecule is CCCc1c(OC)ccc2c1OC(C)(C)CC2NCNc1cccc2c1cnn2C(=O)OC. The molecule has 0 aliphatic carbocycles. The maximum Gasteiger partial charge on any atom is 0.434 e. The minimum absolute atomic E-state index is 0.120. The van der Waals surface area contributed by atoms with Gasteiger partial charge in [-0.05, 0) is 38.5 Å². The van der Waals surface area contributed by atoms with Gasteiger partial charge >= 0.3 is 6.09 Å². The predicted molar refractivity (Wildman–Crippen MR) is 128 cm³/mol. The number of carbonyl (C=O) groups is 1. The van der Waals surface area contributed by atoms with Gasteiger partial charge in [0.05, 0.1) is 32.6 Å². The molecule has 0 saturated carbocycles. The second kappa shape index (κ2) is 9.31. The van der Waals surface area contributed by atoms with E-state index in [-0.39, 0.29) is 11.6 Å². The molecule has 0 amide bonds. The first-order valence-electron chi connectivity index (χ1n) is 11.3. The fraction of sp³-hybridized carbons (Fsp3) is 0.440. The Labute approximate surface area is 194 Å². The summed E-state index contributed by atoms with van der Waals surface area (Å²) in [5, 5.41) is 12.1. The zero-order valence-corrected chi connectivity index (χ0v) is 19.9. The monoisotopic (exact) mass is 452 g/mol. The third kappa shape index (κ3) is 4.48. The highest BCUT2D eigenvalue weighted by molar-refractivity contribution is 5.95. The lowest BCUT2D eigenvalue weighted by Gasteiger charge is -2.39. The van der Waals surface area contributed by atoms with Crippen molar-refractivity contribution in [1.82, 2.24) is 15.1 Å². The summed E-state index contributed by atoms with van der Waals surface area (Å²) in [6.07, 6.45) is 3.91. The topological polar surface area (TPSA) is 86.6 Å². The Hall–Kier alpha value is -3.26. The molecule has 1 aromatic heterocycles. The molecule has 1 aliphatic heterocycles. The lowest BCUT2D eigenvalue weighted by Crippen LogP contribution is -2.41. The van der Waals surface area contributed by atoms with Crippen molar-refractivity contribution in [1.29, 1.82) is 0 Å². The predicted octanol–water partition coefficient (Wildman–Crippen LogP) is 4.87. The van der Waals surface area contributed by atoms with Crippen molar-refractivity contribution >= 4 is 22.7 Å². The van der Waals surface area contributed by atoms with Crippen LogP contribution in [0.25, 0.3) is 10.9 Å². The summed E-state index contributed by atoms with van der Waals surface area (Å²) < 4.78 is 18.1. The number of nitrogens with one attached hydrogen (secondary N) is 2. The second-order valence-corrected chi connectivity index (χ2v) is 8.86. The summed E-state index contributed by atoms with van der Waals surface area (Å²) >= 11 is 0. The van der Waals surface area contributed by atoms with E-state index in [2.05, 4.69) is 42.6 Å². The van der Waals surface area contributed by atoms with E-state index in [1.54, 1.807) is 13.3 Å². The molecular formula is C25H32N4O4. The third-order valence-electron chi connectivity index (χ3n) is 6.01. The van der Waals surface area contributed by atoms with E-state index in [9.17, 15) is 4.79 Å². The van der Waals surface area contributed by atoms with Crippen LogP contribution in [0, 0.1) is 0 Å². The molecule has 1 aliphatic rings. The lowest BCUT2D eigenvalue weighted by molar-refractivity contribution is 0.0648. The Morgan fingerprint density at radius 3 is 2.82 bits per heavy atom. The van der Waals surface area contributed by atoms with Crippen LogP contribution in [0.4, 0.5) is 10.5 Å². The van der Waals surface area contributed by atoms with Gasteiger partial charge in [-0.1, -0.05) is 25.5 Å². The van der Waals surface area contributed by atoms with Crippen molar-refractivity contribution in [2.45, 2.75) is 51.7 Å². The Balaban J connectivity index is 1.56. The van der Waals surface area contributed by atoms with Crippen LogP contribution < -0.4 is 20.1 Å². The molecule has 3 aromatic rings. The second-order valence-electron chi connectivity index (χ2n) is 8.86.